The van der Waals surface area contributed by atoms with Crippen molar-refractivity contribution in [2.75, 3.05) is 26.2 Å². The van der Waals surface area contributed by atoms with Gasteiger partial charge in [0, 0.05) is 25.2 Å². The van der Waals surface area contributed by atoms with Crippen LogP contribution < -0.4 is 5.32 Å². The molecule has 3 aliphatic rings. The van der Waals surface area contributed by atoms with E-state index in [4.69, 9.17) is 4.74 Å². The average molecular weight is 238 g/mol. The van der Waals surface area contributed by atoms with Crippen LogP contribution in [-0.2, 0) is 4.74 Å². The number of piperidine rings is 1. The number of nitrogens with zero attached hydrogens (tertiary/aromatic N) is 1. The highest BCUT2D eigenvalue weighted by Crippen LogP contribution is 2.32. The summed E-state index contributed by atoms with van der Waals surface area (Å²) in [5, 5.41) is 3.58. The van der Waals surface area contributed by atoms with E-state index in [1.54, 1.807) is 0 Å². The third kappa shape index (κ3) is 2.38. The Kier molecular flexibility index (Phi) is 3.69. The minimum atomic E-state index is 0.534. The molecule has 0 amide bonds. The molecular formula is C14H26N2O. The predicted octanol–water partition coefficient (Wildman–Crippen LogP) is 1.63. The lowest BCUT2D eigenvalue weighted by atomic mass is 9.85. The molecule has 3 fully saturated rings. The van der Waals surface area contributed by atoms with Crippen molar-refractivity contribution >= 4 is 0 Å². The standard InChI is InChI=1S/C14H26N2O/c1-11-6-7-15-10-13(11)16-8-9-17-14-5-3-2-4-12(14)16/h11-15H,2-10H2,1H3. The van der Waals surface area contributed by atoms with Gasteiger partial charge in [-0.15, -0.1) is 0 Å². The van der Waals surface area contributed by atoms with Crippen LogP contribution in [0.3, 0.4) is 0 Å². The van der Waals surface area contributed by atoms with Crippen molar-refractivity contribution in [3.05, 3.63) is 0 Å². The van der Waals surface area contributed by atoms with Crippen molar-refractivity contribution in [1.82, 2.24) is 10.2 Å². The fourth-order valence-corrected chi connectivity index (χ4v) is 3.96. The first-order chi connectivity index (χ1) is 8.36. The molecule has 1 N–H and O–H groups in total. The largest absolute Gasteiger partial charge is 0.375 e. The highest BCUT2D eigenvalue weighted by molar-refractivity contribution is 4.94. The van der Waals surface area contributed by atoms with Gasteiger partial charge in [-0.2, -0.15) is 0 Å². The second-order valence-electron chi connectivity index (χ2n) is 6.04. The summed E-state index contributed by atoms with van der Waals surface area (Å²) in [6.45, 7) is 6.92. The summed E-state index contributed by atoms with van der Waals surface area (Å²) in [6.07, 6.45) is 7.28. The maximum atomic E-state index is 5.98. The summed E-state index contributed by atoms with van der Waals surface area (Å²) < 4.78 is 5.98. The molecule has 3 nitrogen and oxygen atoms in total. The molecule has 3 heteroatoms. The van der Waals surface area contributed by atoms with Crippen molar-refractivity contribution in [3.63, 3.8) is 0 Å². The van der Waals surface area contributed by atoms with Gasteiger partial charge >= 0.3 is 0 Å². The Labute approximate surface area is 105 Å². The second kappa shape index (κ2) is 5.25. The molecule has 0 spiro atoms. The monoisotopic (exact) mass is 238 g/mol. The van der Waals surface area contributed by atoms with Gasteiger partial charge in [0.1, 0.15) is 0 Å². The zero-order chi connectivity index (χ0) is 11.7. The smallest absolute Gasteiger partial charge is 0.0731 e. The fourth-order valence-electron chi connectivity index (χ4n) is 3.96. The van der Waals surface area contributed by atoms with Gasteiger partial charge in [-0.25, -0.2) is 0 Å². The molecule has 0 bridgehead atoms. The first kappa shape index (κ1) is 11.9. The quantitative estimate of drug-likeness (QED) is 0.751. The lowest BCUT2D eigenvalue weighted by Gasteiger charge is -2.50. The molecule has 0 radical (unpaired) electrons. The molecular weight excluding hydrogens is 212 g/mol. The third-order valence-electron chi connectivity index (χ3n) is 4.99. The molecule has 0 aromatic rings. The lowest BCUT2D eigenvalue weighted by Crippen LogP contribution is -2.61. The summed E-state index contributed by atoms with van der Waals surface area (Å²) in [5.74, 6) is 0.844. The lowest BCUT2D eigenvalue weighted by molar-refractivity contribution is -0.111. The van der Waals surface area contributed by atoms with Crippen molar-refractivity contribution in [1.29, 1.82) is 0 Å². The second-order valence-corrected chi connectivity index (χ2v) is 6.04. The average Bonchev–Trinajstić information content (AvgIpc) is 2.39. The van der Waals surface area contributed by atoms with Gasteiger partial charge in [-0.3, -0.25) is 4.90 Å². The number of hydrogen-bond donors (Lipinski definition) is 1. The van der Waals surface area contributed by atoms with Crippen LogP contribution in [0.15, 0.2) is 0 Å². The van der Waals surface area contributed by atoms with Crippen molar-refractivity contribution < 1.29 is 4.74 Å². The molecule has 1 saturated carbocycles. The number of fused-ring (bicyclic) bond motifs is 1. The maximum absolute atomic E-state index is 5.98. The Hall–Kier alpha value is -0.120. The highest BCUT2D eigenvalue weighted by Gasteiger charge is 2.39. The Morgan fingerprint density at radius 2 is 2.00 bits per heavy atom. The van der Waals surface area contributed by atoms with E-state index in [1.165, 1.54) is 45.2 Å². The van der Waals surface area contributed by atoms with E-state index >= 15 is 0 Å². The summed E-state index contributed by atoms with van der Waals surface area (Å²) in [7, 11) is 0. The van der Waals surface area contributed by atoms with Gasteiger partial charge < -0.3 is 10.1 Å². The van der Waals surface area contributed by atoms with Crippen LogP contribution in [0.2, 0.25) is 0 Å². The summed E-state index contributed by atoms with van der Waals surface area (Å²) in [4.78, 5) is 2.78. The van der Waals surface area contributed by atoms with Crippen LogP contribution >= 0.6 is 0 Å². The highest BCUT2D eigenvalue weighted by atomic mass is 16.5. The molecule has 2 saturated heterocycles. The van der Waals surface area contributed by atoms with Crippen LogP contribution in [0, 0.1) is 5.92 Å². The van der Waals surface area contributed by atoms with E-state index < -0.39 is 0 Å². The molecule has 2 heterocycles. The van der Waals surface area contributed by atoms with Crippen LogP contribution in [0.5, 0.6) is 0 Å². The number of nitrogens with one attached hydrogen (secondary N) is 1. The van der Waals surface area contributed by atoms with Gasteiger partial charge in [0.25, 0.3) is 0 Å². The minimum Gasteiger partial charge on any atom is -0.375 e. The number of ether oxygens (including phenoxy) is 1. The predicted molar refractivity (Wildman–Crippen MR) is 69.1 cm³/mol. The first-order valence-corrected chi connectivity index (χ1v) is 7.44. The zero-order valence-electron chi connectivity index (χ0n) is 11.0. The van der Waals surface area contributed by atoms with Crippen LogP contribution in [0.25, 0.3) is 0 Å². The Morgan fingerprint density at radius 3 is 2.88 bits per heavy atom. The van der Waals surface area contributed by atoms with Gasteiger partial charge in [0.2, 0.25) is 0 Å². The SMILES string of the molecule is CC1CCNCC1N1CCOC2CCCCC21. The normalized spacial score (nSPS) is 44.3. The summed E-state index contributed by atoms with van der Waals surface area (Å²) >= 11 is 0. The summed E-state index contributed by atoms with van der Waals surface area (Å²) in [5.41, 5.74) is 0. The maximum Gasteiger partial charge on any atom is 0.0731 e. The zero-order valence-corrected chi connectivity index (χ0v) is 11.0. The molecule has 2 aliphatic heterocycles. The Bertz CT molecular complexity index is 251. The van der Waals surface area contributed by atoms with E-state index in [1.807, 2.05) is 0 Å². The van der Waals surface area contributed by atoms with Crippen molar-refractivity contribution in [3.8, 4) is 0 Å². The number of rotatable bonds is 1. The topological polar surface area (TPSA) is 24.5 Å². The van der Waals surface area contributed by atoms with E-state index in [-0.39, 0.29) is 0 Å². The minimum absolute atomic E-state index is 0.534. The molecule has 1 aliphatic carbocycles. The fraction of sp³-hybridized carbons (Fsp3) is 1.00. The van der Waals surface area contributed by atoms with Crippen LogP contribution in [-0.4, -0.2) is 49.3 Å². The van der Waals surface area contributed by atoms with Gasteiger partial charge in [0.15, 0.2) is 0 Å². The van der Waals surface area contributed by atoms with Gasteiger partial charge in [-0.05, 0) is 31.7 Å². The molecule has 17 heavy (non-hydrogen) atoms. The van der Waals surface area contributed by atoms with Crippen molar-refractivity contribution in [2.24, 2.45) is 5.92 Å². The van der Waals surface area contributed by atoms with Crippen LogP contribution in [0.1, 0.15) is 39.0 Å². The first-order valence-electron chi connectivity index (χ1n) is 7.44. The van der Waals surface area contributed by atoms with Gasteiger partial charge in [0.05, 0.1) is 12.7 Å². The molecule has 4 atom stereocenters. The van der Waals surface area contributed by atoms with Gasteiger partial charge in [-0.1, -0.05) is 19.8 Å². The van der Waals surface area contributed by atoms with E-state index in [0.29, 0.717) is 12.1 Å². The third-order valence-corrected chi connectivity index (χ3v) is 4.99. The van der Waals surface area contributed by atoms with E-state index in [9.17, 15) is 0 Å². The van der Waals surface area contributed by atoms with E-state index in [2.05, 4.69) is 17.1 Å². The molecule has 3 rings (SSSR count). The molecule has 4 unspecified atom stereocenters. The number of morpholine rings is 1. The Balaban J connectivity index is 1.71. The number of hydrogen-bond acceptors (Lipinski definition) is 3. The van der Waals surface area contributed by atoms with Crippen molar-refractivity contribution in [2.45, 2.75) is 57.2 Å². The summed E-state index contributed by atoms with van der Waals surface area (Å²) in [6, 6.07) is 1.46. The molecule has 0 aromatic carbocycles. The molecule has 0 aromatic heterocycles. The van der Waals surface area contributed by atoms with Crippen LogP contribution in [0.4, 0.5) is 0 Å². The molecule has 98 valence electrons. The Morgan fingerprint density at radius 1 is 1.12 bits per heavy atom. The van der Waals surface area contributed by atoms with E-state index in [0.717, 1.165) is 25.1 Å².